The number of carbonyl (C=O) groups is 2. The predicted molar refractivity (Wildman–Crippen MR) is 64.4 cm³/mol. The highest BCUT2D eigenvalue weighted by molar-refractivity contribution is 7.13. The highest BCUT2D eigenvalue weighted by Crippen LogP contribution is 2.26. The Balaban J connectivity index is 1.88. The van der Waals surface area contributed by atoms with Gasteiger partial charge >= 0.3 is 5.97 Å². The van der Waals surface area contributed by atoms with Crippen molar-refractivity contribution in [2.75, 3.05) is 25.4 Å². The minimum absolute atomic E-state index is 0.209. The number of rotatable bonds is 4. The molecule has 1 saturated heterocycles. The molecule has 3 N–H and O–H groups in total. The molecule has 18 heavy (non-hydrogen) atoms. The normalized spacial score (nSPS) is 17.3. The molecular weight excluding hydrogens is 258 g/mol. The molecule has 98 valence electrons. The highest BCUT2D eigenvalue weighted by Gasteiger charge is 2.43. The van der Waals surface area contributed by atoms with Crippen LogP contribution >= 0.6 is 11.3 Å². The lowest BCUT2D eigenvalue weighted by atomic mass is 9.96. The molecule has 0 aromatic carbocycles. The van der Waals surface area contributed by atoms with Crippen molar-refractivity contribution in [3.05, 3.63) is 11.1 Å². The Morgan fingerprint density at radius 1 is 1.67 bits per heavy atom. The van der Waals surface area contributed by atoms with Gasteiger partial charge in [0.25, 0.3) is 5.91 Å². The number of likely N-dealkylation sites (tertiary alicyclic amines) is 1. The molecule has 0 radical (unpaired) electrons. The maximum absolute atomic E-state index is 11.9. The Labute approximate surface area is 107 Å². The van der Waals surface area contributed by atoms with Crippen LogP contribution in [-0.2, 0) is 9.53 Å². The number of ether oxygens (including phenoxy) is 1. The van der Waals surface area contributed by atoms with E-state index < -0.39 is 11.6 Å². The number of amides is 1. The zero-order valence-electron chi connectivity index (χ0n) is 9.75. The van der Waals surface area contributed by atoms with Crippen LogP contribution in [0, 0.1) is 0 Å². The lowest BCUT2D eigenvalue weighted by Gasteiger charge is -2.46. The van der Waals surface area contributed by atoms with E-state index in [0.29, 0.717) is 23.9 Å². The number of nitrogens with zero attached hydrogens (tertiary/aromatic N) is 2. The Kier molecular flexibility index (Phi) is 3.22. The zero-order valence-corrected chi connectivity index (χ0v) is 10.6. The van der Waals surface area contributed by atoms with Crippen molar-refractivity contribution in [1.29, 1.82) is 0 Å². The maximum atomic E-state index is 11.9. The Morgan fingerprint density at radius 3 is 2.83 bits per heavy atom. The fourth-order valence-electron chi connectivity index (χ4n) is 1.78. The Morgan fingerprint density at radius 2 is 2.33 bits per heavy atom. The summed E-state index contributed by atoms with van der Waals surface area (Å²) in [7, 11) is 0. The van der Waals surface area contributed by atoms with Crippen LogP contribution in [-0.4, -0.2) is 52.2 Å². The van der Waals surface area contributed by atoms with Crippen molar-refractivity contribution in [3.63, 3.8) is 0 Å². The third-order valence-electron chi connectivity index (χ3n) is 2.62. The summed E-state index contributed by atoms with van der Waals surface area (Å²) < 4.78 is 5.21. The second-order valence-electron chi connectivity index (χ2n) is 4.36. The molecule has 0 bridgehead atoms. The van der Waals surface area contributed by atoms with Gasteiger partial charge < -0.3 is 20.5 Å². The number of anilines is 1. The molecule has 7 nitrogen and oxygen atoms in total. The number of nitrogen functional groups attached to an aromatic ring is 1. The van der Waals surface area contributed by atoms with E-state index in [1.165, 1.54) is 11.3 Å². The summed E-state index contributed by atoms with van der Waals surface area (Å²) in [5, 5.41) is 10.5. The molecule has 0 atom stereocenters. The second-order valence-corrected chi connectivity index (χ2v) is 5.25. The van der Waals surface area contributed by atoms with Gasteiger partial charge in [-0.05, 0) is 6.92 Å². The average molecular weight is 271 g/mol. The topological polar surface area (TPSA) is 106 Å². The molecule has 1 aliphatic heterocycles. The van der Waals surface area contributed by atoms with Crippen LogP contribution in [0.25, 0.3) is 0 Å². The first kappa shape index (κ1) is 12.8. The van der Waals surface area contributed by atoms with Crippen molar-refractivity contribution in [2.45, 2.75) is 12.5 Å². The van der Waals surface area contributed by atoms with E-state index in [2.05, 4.69) is 4.98 Å². The lowest BCUT2D eigenvalue weighted by molar-refractivity contribution is -0.159. The molecule has 0 unspecified atom stereocenters. The number of carbonyl (C=O) groups excluding carboxylic acids is 1. The molecule has 2 rings (SSSR count). The minimum Gasteiger partial charge on any atom is -0.480 e. The van der Waals surface area contributed by atoms with Crippen molar-refractivity contribution < 1.29 is 19.4 Å². The first-order chi connectivity index (χ1) is 8.39. The zero-order chi connectivity index (χ0) is 13.3. The molecule has 1 amide bonds. The quantitative estimate of drug-likeness (QED) is 0.801. The largest absolute Gasteiger partial charge is 0.480 e. The molecule has 1 fully saturated rings. The number of nitrogens with two attached hydrogens (primary N) is 1. The van der Waals surface area contributed by atoms with E-state index in [-0.39, 0.29) is 12.5 Å². The fourth-order valence-corrected chi connectivity index (χ4v) is 2.32. The van der Waals surface area contributed by atoms with Crippen molar-refractivity contribution >= 4 is 28.3 Å². The SMILES string of the molecule is CC1(OCC(=O)O)CN(C(=O)c2csc(N)n2)C1. The first-order valence-electron chi connectivity index (χ1n) is 5.26. The predicted octanol–water partition coefficient (Wildman–Crippen LogP) is 0.0410. The van der Waals surface area contributed by atoms with Crippen LogP contribution in [0.4, 0.5) is 5.13 Å². The Bertz CT molecular complexity index is 481. The summed E-state index contributed by atoms with van der Waals surface area (Å²) in [4.78, 5) is 27.8. The van der Waals surface area contributed by atoms with Gasteiger partial charge in [-0.25, -0.2) is 9.78 Å². The van der Waals surface area contributed by atoms with Crippen LogP contribution in [0.1, 0.15) is 17.4 Å². The number of hydrogen-bond acceptors (Lipinski definition) is 6. The van der Waals surface area contributed by atoms with Crippen molar-refractivity contribution in [1.82, 2.24) is 9.88 Å². The summed E-state index contributed by atoms with van der Waals surface area (Å²) in [6, 6.07) is 0. The number of carboxylic acids is 1. The van der Waals surface area contributed by atoms with Crippen LogP contribution in [0.3, 0.4) is 0 Å². The van der Waals surface area contributed by atoms with Gasteiger partial charge in [-0.1, -0.05) is 0 Å². The van der Waals surface area contributed by atoms with Gasteiger partial charge in [0.1, 0.15) is 17.9 Å². The average Bonchev–Trinajstić information content (AvgIpc) is 2.68. The second kappa shape index (κ2) is 4.54. The summed E-state index contributed by atoms with van der Waals surface area (Å²) in [5.74, 6) is -1.23. The van der Waals surface area contributed by atoms with E-state index in [1.54, 1.807) is 17.2 Å². The van der Waals surface area contributed by atoms with Crippen LogP contribution in [0.2, 0.25) is 0 Å². The smallest absolute Gasteiger partial charge is 0.329 e. The Hall–Kier alpha value is -1.67. The van der Waals surface area contributed by atoms with Crippen LogP contribution in [0.15, 0.2) is 5.38 Å². The van der Waals surface area contributed by atoms with Crippen molar-refractivity contribution in [2.24, 2.45) is 0 Å². The molecular formula is C10H13N3O4S. The third kappa shape index (κ3) is 2.59. The molecule has 2 heterocycles. The summed E-state index contributed by atoms with van der Waals surface area (Å²) in [5.41, 5.74) is 5.19. The van der Waals surface area contributed by atoms with Gasteiger partial charge in [0.05, 0.1) is 13.1 Å². The number of carboxylic acid groups (broad SMARTS) is 1. The summed E-state index contributed by atoms with van der Waals surface area (Å²) >= 11 is 1.21. The summed E-state index contributed by atoms with van der Waals surface area (Å²) in [6.07, 6.45) is 0. The standard InChI is InChI=1S/C10H13N3O4S/c1-10(17-2-7(14)15)4-13(5-10)8(16)6-3-18-9(11)12-6/h3H,2,4-5H2,1H3,(H2,11,12)(H,14,15). The molecule has 0 spiro atoms. The van der Waals surface area contributed by atoms with Gasteiger partial charge in [-0.2, -0.15) is 0 Å². The molecule has 0 saturated carbocycles. The van der Waals surface area contributed by atoms with Crippen molar-refractivity contribution in [3.8, 4) is 0 Å². The molecule has 1 aromatic heterocycles. The number of aromatic nitrogens is 1. The van der Waals surface area contributed by atoms with E-state index in [1.807, 2.05) is 0 Å². The maximum Gasteiger partial charge on any atom is 0.329 e. The number of aliphatic carboxylic acids is 1. The van der Waals surface area contributed by atoms with Gasteiger partial charge in [-0.15, -0.1) is 11.3 Å². The van der Waals surface area contributed by atoms with Gasteiger partial charge in [0.15, 0.2) is 5.13 Å². The fraction of sp³-hybridized carbons (Fsp3) is 0.500. The monoisotopic (exact) mass is 271 g/mol. The van der Waals surface area contributed by atoms with Gasteiger partial charge in [0, 0.05) is 5.38 Å². The minimum atomic E-state index is -1.02. The van der Waals surface area contributed by atoms with E-state index >= 15 is 0 Å². The molecule has 1 aliphatic rings. The van der Waals surface area contributed by atoms with E-state index in [9.17, 15) is 9.59 Å². The molecule has 1 aromatic rings. The number of hydrogen-bond donors (Lipinski definition) is 2. The van der Waals surface area contributed by atoms with Crippen LogP contribution in [0.5, 0.6) is 0 Å². The molecule has 0 aliphatic carbocycles. The third-order valence-corrected chi connectivity index (χ3v) is 3.30. The van der Waals surface area contributed by atoms with E-state index in [0.717, 1.165) is 0 Å². The lowest BCUT2D eigenvalue weighted by Crippen LogP contribution is -2.63. The van der Waals surface area contributed by atoms with Crippen LogP contribution < -0.4 is 5.73 Å². The molecule has 8 heteroatoms. The highest BCUT2D eigenvalue weighted by atomic mass is 32.1. The number of thiazole rings is 1. The van der Waals surface area contributed by atoms with Gasteiger partial charge in [-0.3, -0.25) is 4.79 Å². The first-order valence-corrected chi connectivity index (χ1v) is 6.14. The summed E-state index contributed by atoms with van der Waals surface area (Å²) in [6.45, 7) is 2.13. The van der Waals surface area contributed by atoms with Gasteiger partial charge in [0.2, 0.25) is 0 Å². The van der Waals surface area contributed by atoms with E-state index in [4.69, 9.17) is 15.6 Å².